The van der Waals surface area contributed by atoms with Gasteiger partial charge in [-0.3, -0.25) is 9.59 Å². The second kappa shape index (κ2) is 7.58. The van der Waals surface area contributed by atoms with E-state index in [-0.39, 0.29) is 18.2 Å². The molecule has 6 heteroatoms. The van der Waals surface area contributed by atoms with Crippen molar-refractivity contribution in [3.05, 3.63) is 47.2 Å². The predicted octanol–water partition coefficient (Wildman–Crippen LogP) is 2.67. The van der Waals surface area contributed by atoms with Crippen LogP contribution in [0.25, 0.3) is 0 Å². The van der Waals surface area contributed by atoms with Gasteiger partial charge in [-0.15, -0.1) is 0 Å². The van der Waals surface area contributed by atoms with E-state index in [9.17, 15) is 9.59 Å². The molecule has 1 aromatic carbocycles. The Kier molecular flexibility index (Phi) is 5.51. The van der Waals surface area contributed by atoms with Crippen molar-refractivity contribution in [3.8, 4) is 0 Å². The van der Waals surface area contributed by atoms with Crippen molar-refractivity contribution >= 4 is 17.6 Å². The van der Waals surface area contributed by atoms with Crippen molar-refractivity contribution in [2.45, 2.75) is 33.7 Å². The highest BCUT2D eigenvalue weighted by Crippen LogP contribution is 2.12. The first-order valence-corrected chi connectivity index (χ1v) is 7.49. The summed E-state index contributed by atoms with van der Waals surface area (Å²) in [5.74, 6) is 0.763. The van der Waals surface area contributed by atoms with E-state index in [1.54, 1.807) is 17.9 Å². The summed E-state index contributed by atoms with van der Waals surface area (Å²) in [6, 6.07) is 9.55. The van der Waals surface area contributed by atoms with Crippen LogP contribution >= 0.6 is 0 Å². The van der Waals surface area contributed by atoms with E-state index >= 15 is 0 Å². The lowest BCUT2D eigenvalue weighted by Gasteiger charge is -2.21. The number of nitrogens with one attached hydrogen (secondary N) is 1. The lowest BCUT2D eigenvalue weighted by atomic mass is 10.1. The van der Waals surface area contributed by atoms with Gasteiger partial charge in [0.25, 0.3) is 0 Å². The third-order valence-corrected chi connectivity index (χ3v) is 3.57. The Morgan fingerprint density at radius 3 is 2.61 bits per heavy atom. The van der Waals surface area contributed by atoms with Gasteiger partial charge in [0.2, 0.25) is 11.8 Å². The Balaban J connectivity index is 1.91. The van der Waals surface area contributed by atoms with E-state index in [0.29, 0.717) is 24.7 Å². The van der Waals surface area contributed by atoms with Gasteiger partial charge in [0, 0.05) is 32.5 Å². The molecule has 0 aliphatic heterocycles. The average Bonchev–Trinajstić information content (AvgIpc) is 2.90. The van der Waals surface area contributed by atoms with Crippen LogP contribution in [-0.2, 0) is 16.1 Å². The predicted molar refractivity (Wildman–Crippen MR) is 86.8 cm³/mol. The highest BCUT2D eigenvalue weighted by molar-refractivity contribution is 5.90. The maximum atomic E-state index is 11.9. The molecule has 2 amide bonds. The van der Waals surface area contributed by atoms with Gasteiger partial charge in [-0.05, 0) is 25.0 Å². The summed E-state index contributed by atoms with van der Waals surface area (Å²) in [6.45, 7) is 6.12. The van der Waals surface area contributed by atoms with Crippen LogP contribution in [0.1, 0.15) is 30.2 Å². The molecule has 0 atom stereocenters. The Labute approximate surface area is 135 Å². The van der Waals surface area contributed by atoms with Crippen LogP contribution in [0.2, 0.25) is 0 Å². The number of hydrogen-bond acceptors (Lipinski definition) is 4. The van der Waals surface area contributed by atoms with Crippen LogP contribution in [0, 0.1) is 13.8 Å². The highest BCUT2D eigenvalue weighted by Gasteiger charge is 2.13. The normalized spacial score (nSPS) is 10.4. The van der Waals surface area contributed by atoms with Crippen molar-refractivity contribution < 1.29 is 14.1 Å². The number of hydrogen-bond donors (Lipinski definition) is 1. The average molecular weight is 315 g/mol. The molecule has 2 aromatic rings. The number of carbonyl (C=O) groups is 2. The minimum absolute atomic E-state index is 0.0571. The molecule has 0 unspecified atom stereocenters. The number of amides is 2. The van der Waals surface area contributed by atoms with Gasteiger partial charge in [0.15, 0.2) is 5.82 Å². The number of carbonyl (C=O) groups excluding carboxylic acids is 2. The number of nitrogens with zero attached hydrogens (tertiary/aromatic N) is 2. The van der Waals surface area contributed by atoms with Crippen LogP contribution in [-0.4, -0.2) is 28.4 Å². The zero-order valence-electron chi connectivity index (χ0n) is 13.6. The largest absolute Gasteiger partial charge is 0.360 e. The van der Waals surface area contributed by atoms with Gasteiger partial charge in [-0.1, -0.05) is 29.4 Å². The van der Waals surface area contributed by atoms with Crippen molar-refractivity contribution in [1.29, 1.82) is 0 Å². The molecule has 2 rings (SSSR count). The van der Waals surface area contributed by atoms with Crippen molar-refractivity contribution in [1.82, 2.24) is 10.1 Å². The lowest BCUT2D eigenvalue weighted by molar-refractivity contribution is -0.129. The summed E-state index contributed by atoms with van der Waals surface area (Å²) in [5.41, 5.74) is 2.21. The molecule has 1 heterocycles. The van der Waals surface area contributed by atoms with Gasteiger partial charge < -0.3 is 14.7 Å². The van der Waals surface area contributed by atoms with Gasteiger partial charge in [0.05, 0.1) is 0 Å². The highest BCUT2D eigenvalue weighted by atomic mass is 16.5. The molecule has 23 heavy (non-hydrogen) atoms. The zero-order valence-corrected chi connectivity index (χ0v) is 13.6. The third-order valence-electron chi connectivity index (χ3n) is 3.57. The number of rotatable bonds is 6. The van der Waals surface area contributed by atoms with E-state index in [1.165, 1.54) is 6.92 Å². The van der Waals surface area contributed by atoms with E-state index in [4.69, 9.17) is 4.52 Å². The number of benzene rings is 1. The Hall–Kier alpha value is -2.63. The molecular formula is C17H21N3O3. The molecule has 6 nitrogen and oxygen atoms in total. The molecule has 0 bridgehead atoms. The quantitative estimate of drug-likeness (QED) is 0.889. The van der Waals surface area contributed by atoms with Gasteiger partial charge in [-0.25, -0.2) is 0 Å². The van der Waals surface area contributed by atoms with Crippen LogP contribution < -0.4 is 5.32 Å². The topological polar surface area (TPSA) is 75.4 Å². The van der Waals surface area contributed by atoms with Gasteiger partial charge in [0.1, 0.15) is 5.76 Å². The van der Waals surface area contributed by atoms with E-state index < -0.39 is 0 Å². The van der Waals surface area contributed by atoms with Crippen molar-refractivity contribution in [2.24, 2.45) is 0 Å². The lowest BCUT2D eigenvalue weighted by Crippen LogP contribution is -2.31. The van der Waals surface area contributed by atoms with Crippen LogP contribution in [0.15, 0.2) is 34.9 Å². The summed E-state index contributed by atoms with van der Waals surface area (Å²) < 4.78 is 4.89. The minimum atomic E-state index is -0.200. The molecule has 1 aromatic heterocycles. The fourth-order valence-corrected chi connectivity index (χ4v) is 2.21. The standard InChI is InChI=1S/C17H21N3O3/c1-12-6-4-5-7-15(12)11-20(14(3)21)9-8-17(22)18-16-10-13(2)23-19-16/h4-7,10H,8-9,11H2,1-3H3,(H,18,19,22). The van der Waals surface area contributed by atoms with E-state index in [2.05, 4.69) is 10.5 Å². The fourth-order valence-electron chi connectivity index (χ4n) is 2.21. The Morgan fingerprint density at radius 2 is 2.00 bits per heavy atom. The summed E-state index contributed by atoms with van der Waals surface area (Å²) in [5, 5.41) is 6.36. The smallest absolute Gasteiger partial charge is 0.227 e. The molecule has 0 radical (unpaired) electrons. The molecular weight excluding hydrogens is 294 g/mol. The maximum absolute atomic E-state index is 11.9. The third kappa shape index (κ3) is 4.95. The number of anilines is 1. The molecule has 0 aliphatic carbocycles. The zero-order chi connectivity index (χ0) is 16.8. The molecule has 0 saturated carbocycles. The SMILES string of the molecule is CC(=O)N(CCC(=O)Nc1cc(C)on1)Cc1ccccc1C. The fraction of sp³-hybridized carbons (Fsp3) is 0.353. The first-order valence-electron chi connectivity index (χ1n) is 7.49. The van der Waals surface area contributed by atoms with E-state index in [0.717, 1.165) is 11.1 Å². The van der Waals surface area contributed by atoms with Crippen molar-refractivity contribution in [3.63, 3.8) is 0 Å². The molecule has 122 valence electrons. The molecule has 0 fully saturated rings. The summed E-state index contributed by atoms with van der Waals surface area (Å²) in [7, 11) is 0. The first kappa shape index (κ1) is 16.7. The summed E-state index contributed by atoms with van der Waals surface area (Å²) in [6.07, 6.45) is 0.206. The van der Waals surface area contributed by atoms with Crippen LogP contribution in [0.5, 0.6) is 0 Å². The second-order valence-electron chi connectivity index (χ2n) is 5.49. The summed E-state index contributed by atoms with van der Waals surface area (Å²) >= 11 is 0. The number of aryl methyl sites for hydroxylation is 2. The van der Waals surface area contributed by atoms with Gasteiger partial charge >= 0.3 is 0 Å². The molecule has 0 spiro atoms. The molecule has 1 N–H and O–H groups in total. The Bertz CT molecular complexity index is 694. The first-order chi connectivity index (χ1) is 11.0. The van der Waals surface area contributed by atoms with Crippen molar-refractivity contribution in [2.75, 3.05) is 11.9 Å². The minimum Gasteiger partial charge on any atom is -0.360 e. The van der Waals surface area contributed by atoms with E-state index in [1.807, 2.05) is 31.2 Å². The van der Waals surface area contributed by atoms with Gasteiger partial charge in [-0.2, -0.15) is 0 Å². The summed E-state index contributed by atoms with van der Waals surface area (Å²) in [4.78, 5) is 25.4. The maximum Gasteiger partial charge on any atom is 0.227 e. The van der Waals surface area contributed by atoms with Crippen LogP contribution in [0.4, 0.5) is 5.82 Å². The monoisotopic (exact) mass is 315 g/mol. The molecule has 0 saturated heterocycles. The second-order valence-corrected chi connectivity index (χ2v) is 5.49. The number of aromatic nitrogens is 1. The Morgan fingerprint density at radius 1 is 1.26 bits per heavy atom. The van der Waals surface area contributed by atoms with Crippen LogP contribution in [0.3, 0.4) is 0 Å². The molecule has 0 aliphatic rings.